The second-order valence-corrected chi connectivity index (χ2v) is 8.20. The summed E-state index contributed by atoms with van der Waals surface area (Å²) in [5, 5.41) is -3.60. The molecule has 3 N–H and O–H groups in total. The van der Waals surface area contributed by atoms with Crippen molar-refractivity contribution in [3.63, 3.8) is 0 Å². The van der Waals surface area contributed by atoms with Crippen LogP contribution in [0.4, 0.5) is 0 Å². The third-order valence-electron chi connectivity index (χ3n) is 0.876. The molecule has 0 aliphatic rings. The Morgan fingerprint density at radius 3 is 1.21 bits per heavy atom. The minimum atomic E-state index is -6.11. The van der Waals surface area contributed by atoms with Gasteiger partial charge in [0.25, 0.3) is 0 Å². The third-order valence-corrected chi connectivity index (χ3v) is 7.88. The molecule has 9 nitrogen and oxygen atoms in total. The van der Waals surface area contributed by atoms with E-state index < -0.39 is 27.9 Å². The molecule has 0 aromatic carbocycles. The van der Waals surface area contributed by atoms with Gasteiger partial charge in [-0.15, -0.1) is 0 Å². The van der Waals surface area contributed by atoms with Gasteiger partial charge in [0, 0.05) is 0 Å². The van der Waals surface area contributed by atoms with Gasteiger partial charge in [0.15, 0.2) is 12.7 Å². The first-order chi connectivity index (χ1) is 5.37. The Labute approximate surface area is 88.5 Å². The maximum atomic E-state index is 10.2. The topological polar surface area (TPSA) is 181 Å². The molecule has 0 aromatic heterocycles. The van der Waals surface area contributed by atoms with Crippen LogP contribution in [0.15, 0.2) is 0 Å². The van der Waals surface area contributed by atoms with Gasteiger partial charge in [-0.25, -0.2) is 0 Å². The molecule has 0 fully saturated rings. The molecule has 0 saturated carbocycles. The van der Waals surface area contributed by atoms with Gasteiger partial charge in [-0.1, -0.05) is 0 Å². The molecule has 0 aliphatic carbocycles. The summed E-state index contributed by atoms with van der Waals surface area (Å²) in [5.74, 6) is 0. The summed E-state index contributed by atoms with van der Waals surface area (Å²) in [6, 6.07) is 0. The molecule has 0 saturated heterocycles. The molecule has 0 amide bonds. The second-order valence-electron chi connectivity index (χ2n) is 2.04. The number of hydrogen-bond donors (Lipinski definition) is 3. The van der Waals surface area contributed by atoms with Gasteiger partial charge >= 0.3 is 24.7 Å². The Kier molecular flexibility index (Phi) is 6.04. The summed E-state index contributed by atoms with van der Waals surface area (Å²) in [7, 11) is -17.8. The molecule has 0 bridgehead atoms. The van der Waals surface area contributed by atoms with E-state index in [0.717, 1.165) is 0 Å². The predicted molar refractivity (Wildman–Crippen MR) is 33.3 cm³/mol. The van der Waals surface area contributed by atoms with E-state index >= 15 is 0 Å². The molecule has 0 aliphatic heterocycles. The smallest absolute Gasteiger partial charge is 0.810 e. The molecular weight excluding hydrogens is 305 g/mol. The summed E-state index contributed by atoms with van der Waals surface area (Å²) in [5.41, 5.74) is 0. The van der Waals surface area contributed by atoms with Crippen molar-refractivity contribution in [2.75, 3.05) is 0 Å². The van der Waals surface area contributed by atoms with Crippen molar-refractivity contribution in [3.05, 3.63) is 0 Å². The van der Waals surface area contributed by atoms with Crippen molar-refractivity contribution in [2.24, 2.45) is 0 Å². The average Bonchev–Trinajstić information content (AvgIpc) is 1.44. The maximum absolute atomic E-state index is 10.2. The van der Waals surface area contributed by atoms with E-state index in [1.54, 1.807) is 0 Å². The van der Waals surface area contributed by atoms with E-state index in [0.29, 0.717) is 0 Å². The molecule has 14 heavy (non-hydrogen) atoms. The summed E-state index contributed by atoms with van der Waals surface area (Å²) in [6.45, 7) is 0. The van der Waals surface area contributed by atoms with Gasteiger partial charge in [-0.05, 0) is 7.60 Å². The largest absolute Gasteiger partial charge is 3.00 e. The summed E-state index contributed by atoms with van der Waals surface area (Å²) in [4.78, 5) is 54.7. The van der Waals surface area contributed by atoms with Crippen molar-refractivity contribution in [1.82, 2.24) is 0 Å². The zero-order valence-electron chi connectivity index (χ0n) is 6.06. The monoisotopic (exact) mass is 309 g/mol. The number of hydrogen-bond acceptors (Lipinski definition) is 6. The quantitative estimate of drug-likeness (QED) is 0.359. The minimum Gasteiger partial charge on any atom is -0.810 e. The Balaban J connectivity index is 0. The third kappa shape index (κ3) is 5.16. The fourth-order valence-corrected chi connectivity index (χ4v) is 4.98. The molecular formula is CH4FeO9P3. The molecule has 0 rings (SSSR count). The Morgan fingerprint density at radius 2 is 1.21 bits per heavy atom. The van der Waals surface area contributed by atoms with Crippen LogP contribution in [0.25, 0.3) is 0 Å². The number of rotatable bonds is 3. The molecule has 0 aromatic rings. The first-order valence-electron chi connectivity index (χ1n) is 2.47. The molecule has 85 valence electrons. The zero-order valence-corrected chi connectivity index (χ0v) is 9.85. The first-order valence-corrected chi connectivity index (χ1v) is 7.41. The summed E-state index contributed by atoms with van der Waals surface area (Å²) >= 11 is 0. The van der Waals surface area contributed by atoms with Crippen molar-refractivity contribution in [1.29, 1.82) is 0 Å². The van der Waals surface area contributed by atoms with Crippen LogP contribution in [0.2, 0.25) is 0 Å². The fourth-order valence-electron chi connectivity index (χ4n) is 0.553. The van der Waals surface area contributed by atoms with Gasteiger partial charge < -0.3 is 38.5 Å². The van der Waals surface area contributed by atoms with E-state index in [1.807, 2.05) is 0 Å². The van der Waals surface area contributed by atoms with Crippen molar-refractivity contribution >= 4 is 22.8 Å². The Bertz CT molecular complexity index is 265. The van der Waals surface area contributed by atoms with E-state index in [9.17, 15) is 28.4 Å². The van der Waals surface area contributed by atoms with E-state index in [2.05, 4.69) is 0 Å². The zero-order chi connectivity index (χ0) is 11.1. The molecule has 13 heteroatoms. The summed E-state index contributed by atoms with van der Waals surface area (Å²) in [6.07, 6.45) is 0. The molecule has 2 atom stereocenters. The fraction of sp³-hybridized carbons (Fsp3) is 1.00. The predicted octanol–water partition coefficient (Wildman–Crippen LogP) is -3.10. The van der Waals surface area contributed by atoms with Gasteiger partial charge in [0.2, 0.25) is 0 Å². The van der Waals surface area contributed by atoms with Crippen LogP contribution in [0.3, 0.4) is 0 Å². The van der Waals surface area contributed by atoms with E-state index in [4.69, 9.17) is 14.7 Å². The maximum Gasteiger partial charge on any atom is 3.00 e. The van der Waals surface area contributed by atoms with Crippen LogP contribution in [0.5, 0.6) is 0 Å². The van der Waals surface area contributed by atoms with Gasteiger partial charge in [0.1, 0.15) is 0 Å². The minimum absolute atomic E-state index is 0. The molecule has 2 unspecified atom stereocenters. The van der Waals surface area contributed by atoms with Crippen molar-refractivity contribution < 1.29 is 60.1 Å². The average molecular weight is 309 g/mol. The first kappa shape index (κ1) is 17.4. The normalized spacial score (nSPS) is 19.3. The summed E-state index contributed by atoms with van der Waals surface area (Å²) < 4.78 is 30.4. The Morgan fingerprint density at radius 1 is 0.929 bits per heavy atom. The second kappa shape index (κ2) is 4.87. The van der Waals surface area contributed by atoms with Crippen LogP contribution < -0.4 is 14.7 Å². The van der Waals surface area contributed by atoms with Gasteiger partial charge in [-0.2, -0.15) is 0 Å². The van der Waals surface area contributed by atoms with Crippen LogP contribution in [-0.2, 0) is 30.8 Å². The van der Waals surface area contributed by atoms with Crippen molar-refractivity contribution in [3.8, 4) is 0 Å². The van der Waals surface area contributed by atoms with E-state index in [-0.39, 0.29) is 17.1 Å². The van der Waals surface area contributed by atoms with Crippen molar-refractivity contribution in [2.45, 2.75) is 5.14 Å². The Hall–Kier alpha value is 0.969. The standard InChI is InChI=1S/CH7O9P3.Fe/c2-11(3,4)1(12(5,6)7)13(8,9)10;/h1H,(H2,2,3,4)(H2,5,6,7)(H2,8,9,10);/q;+3/p-3. The van der Waals surface area contributed by atoms with Gasteiger partial charge in [-0.3, -0.25) is 4.57 Å². The van der Waals surface area contributed by atoms with Crippen LogP contribution in [0, 0.1) is 0 Å². The van der Waals surface area contributed by atoms with Crippen LogP contribution >= 0.6 is 22.8 Å². The molecule has 0 heterocycles. The van der Waals surface area contributed by atoms with Gasteiger partial charge in [0.05, 0.1) is 0 Å². The molecule has 1 radical (unpaired) electrons. The van der Waals surface area contributed by atoms with Crippen LogP contribution in [-0.4, -0.2) is 19.8 Å². The molecule has 0 spiro atoms. The SMILES string of the molecule is O=P([O-])([O-])C(P(=O)([O-])O)P(=O)(O)O.[Fe+3]. The van der Waals surface area contributed by atoms with Crippen LogP contribution in [0.1, 0.15) is 0 Å². The van der Waals surface area contributed by atoms with E-state index in [1.165, 1.54) is 0 Å².